The highest BCUT2D eigenvalue weighted by molar-refractivity contribution is 7.16. The number of benzene rings is 2. The number of rotatable bonds is 6. The number of thiophene rings is 1. The minimum absolute atomic E-state index is 0.0514. The summed E-state index contributed by atoms with van der Waals surface area (Å²) in [4.78, 5) is 8.56. The lowest BCUT2D eigenvalue weighted by Crippen LogP contribution is -2.25. The van der Waals surface area contributed by atoms with Gasteiger partial charge in [-0.05, 0) is 62.3 Å². The summed E-state index contributed by atoms with van der Waals surface area (Å²) in [5, 5.41) is 10.7. The number of hydrogen-bond acceptors (Lipinski definition) is 5. The van der Waals surface area contributed by atoms with Crippen LogP contribution >= 0.6 is 22.9 Å². The Kier molecular flexibility index (Phi) is 6.41. The molecule has 1 aromatic heterocycles. The predicted molar refractivity (Wildman–Crippen MR) is 143 cm³/mol. The third-order valence-corrected chi connectivity index (χ3v) is 7.74. The summed E-state index contributed by atoms with van der Waals surface area (Å²) in [5.74, 6) is 1.50. The van der Waals surface area contributed by atoms with Crippen molar-refractivity contribution in [3.63, 3.8) is 0 Å². The molecule has 174 valence electrons. The molecule has 2 aliphatic rings. The average molecular weight is 489 g/mol. The molecule has 0 fully saturated rings. The van der Waals surface area contributed by atoms with E-state index in [1.165, 1.54) is 16.0 Å². The molecular formula is C28H29ClN4S. The van der Waals surface area contributed by atoms with Crippen LogP contribution in [0.4, 0.5) is 5.00 Å². The Labute approximate surface area is 210 Å². The Morgan fingerprint density at radius 2 is 1.74 bits per heavy atom. The fourth-order valence-electron chi connectivity index (χ4n) is 4.55. The molecule has 0 aliphatic carbocycles. The first-order chi connectivity index (χ1) is 16.4. The van der Waals surface area contributed by atoms with Gasteiger partial charge < -0.3 is 0 Å². The zero-order valence-electron chi connectivity index (χ0n) is 20.0. The van der Waals surface area contributed by atoms with E-state index in [-0.39, 0.29) is 6.17 Å². The second-order valence-electron chi connectivity index (χ2n) is 9.41. The van der Waals surface area contributed by atoms with E-state index in [1.54, 1.807) is 0 Å². The van der Waals surface area contributed by atoms with Gasteiger partial charge in [0.15, 0.2) is 5.82 Å². The van der Waals surface area contributed by atoms with E-state index < -0.39 is 0 Å². The Balaban J connectivity index is 1.48. The summed E-state index contributed by atoms with van der Waals surface area (Å²) in [5.41, 5.74) is 6.59. The van der Waals surface area contributed by atoms with Gasteiger partial charge in [0.2, 0.25) is 0 Å². The van der Waals surface area contributed by atoms with Crippen molar-refractivity contribution < 1.29 is 0 Å². The molecule has 0 radical (unpaired) electrons. The topological polar surface area (TPSA) is 40.3 Å². The number of halogens is 1. The normalized spacial score (nSPS) is 17.2. The van der Waals surface area contributed by atoms with E-state index in [2.05, 4.69) is 66.2 Å². The van der Waals surface area contributed by atoms with Crippen LogP contribution in [-0.2, 0) is 19.3 Å². The van der Waals surface area contributed by atoms with Gasteiger partial charge in [-0.2, -0.15) is 5.11 Å². The van der Waals surface area contributed by atoms with Crippen LogP contribution in [0.2, 0.25) is 5.02 Å². The molecule has 34 heavy (non-hydrogen) atoms. The first kappa shape index (κ1) is 23.0. The summed E-state index contributed by atoms with van der Waals surface area (Å²) in [6.07, 6.45) is 3.06. The van der Waals surface area contributed by atoms with Crippen molar-refractivity contribution in [1.29, 1.82) is 0 Å². The largest absolute Gasteiger partial charge is 0.290 e. The van der Waals surface area contributed by atoms with Crippen molar-refractivity contribution in [2.75, 3.05) is 4.90 Å². The summed E-state index contributed by atoms with van der Waals surface area (Å²) in [6.45, 7) is 8.60. The number of hydrogen-bond donors (Lipinski definition) is 0. The second-order valence-corrected chi connectivity index (χ2v) is 10.9. The summed E-state index contributed by atoms with van der Waals surface area (Å²) in [7, 11) is 0. The molecule has 0 bridgehead atoms. The van der Waals surface area contributed by atoms with E-state index >= 15 is 0 Å². The lowest BCUT2D eigenvalue weighted by Gasteiger charge is -2.20. The maximum Gasteiger partial charge on any atom is 0.179 e. The summed E-state index contributed by atoms with van der Waals surface area (Å²) in [6, 6.07) is 19.3. The van der Waals surface area contributed by atoms with Crippen LogP contribution in [-0.4, -0.2) is 11.9 Å². The fraction of sp³-hybridized carbons (Fsp3) is 0.321. The van der Waals surface area contributed by atoms with E-state index in [4.69, 9.17) is 16.6 Å². The van der Waals surface area contributed by atoms with Gasteiger partial charge in [-0.15, -0.1) is 16.5 Å². The quantitative estimate of drug-likeness (QED) is 0.346. The fourth-order valence-corrected chi connectivity index (χ4v) is 6.01. The maximum atomic E-state index is 6.62. The number of nitrogens with zero attached hydrogens (tertiary/aromatic N) is 4. The molecule has 3 aromatic rings. The van der Waals surface area contributed by atoms with E-state index in [1.807, 2.05) is 42.5 Å². The van der Waals surface area contributed by atoms with Crippen molar-refractivity contribution in [2.24, 2.45) is 21.1 Å². The molecule has 0 saturated heterocycles. The highest BCUT2D eigenvalue weighted by Crippen LogP contribution is 2.43. The Bertz CT molecular complexity index is 1300. The minimum Gasteiger partial charge on any atom is -0.290 e. The zero-order valence-corrected chi connectivity index (χ0v) is 21.6. The molecule has 0 amide bonds. The molecule has 4 nitrogen and oxygen atoms in total. The van der Waals surface area contributed by atoms with Gasteiger partial charge in [-0.25, -0.2) is 4.99 Å². The van der Waals surface area contributed by atoms with Crippen LogP contribution in [0, 0.1) is 5.92 Å². The molecule has 0 spiro atoms. The Hall–Kier alpha value is -2.76. The predicted octanol–water partition coefficient (Wildman–Crippen LogP) is 8.04. The molecule has 2 aromatic carbocycles. The molecule has 2 aliphatic heterocycles. The number of anilines is 1. The average Bonchev–Trinajstić information content (AvgIpc) is 3.37. The molecule has 1 atom stereocenters. The van der Waals surface area contributed by atoms with E-state index in [0.717, 1.165) is 52.6 Å². The van der Waals surface area contributed by atoms with Crippen LogP contribution < -0.4 is 4.90 Å². The van der Waals surface area contributed by atoms with Gasteiger partial charge in [0.05, 0.1) is 11.4 Å². The monoisotopic (exact) mass is 488 g/mol. The van der Waals surface area contributed by atoms with Crippen molar-refractivity contribution >= 4 is 33.7 Å². The molecule has 3 heterocycles. The number of aryl methyl sites for hydroxylation is 2. The second kappa shape index (κ2) is 9.47. The standard InChI is InChI=1S/C28H29ClN4S/c1-17(2)15-21-11-9-20(10-12-21)13-14-22-16-24-26(23-7-5-6-8-25(23)29)30-18(3)27-32-31-19(4)33(27)28(24)34-22/h5-12,16-17,19H,13-15H2,1-4H3. The number of aliphatic imine (C=N–C) groups is 1. The highest BCUT2D eigenvalue weighted by atomic mass is 35.5. The van der Waals surface area contributed by atoms with Gasteiger partial charge in [-0.1, -0.05) is 67.9 Å². The third kappa shape index (κ3) is 4.47. The SMILES string of the molecule is CC1=C2N=NC(C)N2c2sc(CCc3ccc(CC(C)C)cc3)cc2C(c2ccccc2Cl)=N1. The van der Waals surface area contributed by atoms with Crippen LogP contribution in [0.5, 0.6) is 0 Å². The Morgan fingerprint density at radius 1 is 1.00 bits per heavy atom. The molecule has 1 unspecified atom stereocenters. The number of fused-ring (bicyclic) bond motifs is 3. The minimum atomic E-state index is -0.0514. The van der Waals surface area contributed by atoms with Gasteiger partial charge in [-0.3, -0.25) is 4.90 Å². The molecule has 6 heteroatoms. The van der Waals surface area contributed by atoms with Crippen LogP contribution in [0.25, 0.3) is 0 Å². The van der Waals surface area contributed by atoms with Gasteiger partial charge >= 0.3 is 0 Å². The van der Waals surface area contributed by atoms with Crippen LogP contribution in [0.3, 0.4) is 0 Å². The highest BCUT2D eigenvalue weighted by Gasteiger charge is 2.34. The lowest BCUT2D eigenvalue weighted by molar-refractivity contribution is 0.647. The third-order valence-electron chi connectivity index (χ3n) is 6.22. The number of azo groups is 1. The molecule has 0 saturated carbocycles. The van der Waals surface area contributed by atoms with Gasteiger partial charge in [0.25, 0.3) is 0 Å². The maximum absolute atomic E-state index is 6.62. The first-order valence-corrected chi connectivity index (χ1v) is 13.1. The van der Waals surface area contributed by atoms with Crippen molar-refractivity contribution in [1.82, 2.24) is 0 Å². The molecular weight excluding hydrogens is 460 g/mol. The Morgan fingerprint density at radius 3 is 2.47 bits per heavy atom. The van der Waals surface area contributed by atoms with Crippen molar-refractivity contribution in [3.8, 4) is 0 Å². The van der Waals surface area contributed by atoms with E-state index in [0.29, 0.717) is 10.9 Å². The number of allylic oxidation sites excluding steroid dienone is 1. The van der Waals surface area contributed by atoms with Crippen molar-refractivity contribution in [2.45, 2.75) is 53.1 Å². The van der Waals surface area contributed by atoms with Crippen LogP contribution in [0.1, 0.15) is 54.8 Å². The van der Waals surface area contributed by atoms with E-state index in [9.17, 15) is 0 Å². The van der Waals surface area contributed by atoms with Crippen LogP contribution in [0.15, 0.2) is 81.3 Å². The zero-order chi connectivity index (χ0) is 23.8. The molecule has 5 rings (SSSR count). The van der Waals surface area contributed by atoms with Gasteiger partial charge in [0.1, 0.15) is 11.2 Å². The summed E-state index contributed by atoms with van der Waals surface area (Å²) < 4.78 is 0. The van der Waals surface area contributed by atoms with Crippen molar-refractivity contribution in [3.05, 3.63) is 98.3 Å². The smallest absolute Gasteiger partial charge is 0.179 e. The summed E-state index contributed by atoms with van der Waals surface area (Å²) >= 11 is 8.43. The van der Waals surface area contributed by atoms with Gasteiger partial charge in [0, 0.05) is 21.0 Å². The lowest BCUT2D eigenvalue weighted by atomic mass is 10.00. The first-order valence-electron chi connectivity index (χ1n) is 11.9. The molecule has 0 N–H and O–H groups in total.